The Bertz CT molecular complexity index is 978. The summed E-state index contributed by atoms with van der Waals surface area (Å²) in [5.41, 5.74) is 3.12. The zero-order valence-electron chi connectivity index (χ0n) is 15.2. The van der Waals surface area contributed by atoms with Crippen molar-refractivity contribution in [2.24, 2.45) is 0 Å². The van der Waals surface area contributed by atoms with E-state index in [2.05, 4.69) is 37.0 Å². The van der Waals surface area contributed by atoms with E-state index >= 15 is 0 Å². The minimum atomic E-state index is -0.224. The molecule has 5 heteroatoms. The molecule has 0 radical (unpaired) electrons. The quantitative estimate of drug-likeness (QED) is 0.474. The average Bonchev–Trinajstić information content (AvgIpc) is 3.16. The lowest BCUT2D eigenvalue weighted by molar-refractivity contribution is 0.356. The lowest BCUT2D eigenvalue weighted by Crippen LogP contribution is -2.05. The molecule has 1 aliphatic heterocycles. The fraction of sp³-hybridized carbons (Fsp3) is 0.227. The maximum Gasteiger partial charge on any atom is 0.154 e. The average molecular weight is 398 g/mol. The van der Waals surface area contributed by atoms with Crippen LogP contribution in [0.1, 0.15) is 42.2 Å². The Morgan fingerprint density at radius 2 is 2.04 bits per heavy atom. The summed E-state index contributed by atoms with van der Waals surface area (Å²) >= 11 is 3.43. The summed E-state index contributed by atoms with van der Waals surface area (Å²) in [6.07, 6.45) is 5.16. The highest BCUT2D eigenvalue weighted by Crippen LogP contribution is 2.40. The van der Waals surface area contributed by atoms with Gasteiger partial charge in [-0.05, 0) is 59.9 Å². The van der Waals surface area contributed by atoms with E-state index in [0.29, 0.717) is 12.5 Å². The molecule has 138 valence electrons. The fourth-order valence-electron chi connectivity index (χ4n) is 2.98. The summed E-state index contributed by atoms with van der Waals surface area (Å²) in [5, 5.41) is 0. The molecule has 0 amide bonds. The summed E-state index contributed by atoms with van der Waals surface area (Å²) in [4.78, 5) is 7.00. The fourth-order valence-corrected chi connectivity index (χ4v) is 5.12. The van der Waals surface area contributed by atoms with Crippen molar-refractivity contribution in [3.8, 4) is 5.75 Å². The lowest BCUT2D eigenvalue weighted by atomic mass is 9.95. The second kappa shape index (κ2) is 7.87. The van der Waals surface area contributed by atoms with Gasteiger partial charge in [0.25, 0.3) is 0 Å². The Labute approximate surface area is 167 Å². The molecule has 0 saturated heterocycles. The Balaban J connectivity index is 1.58. The van der Waals surface area contributed by atoms with Crippen molar-refractivity contribution in [2.45, 2.75) is 35.4 Å². The second-order valence-corrected chi connectivity index (χ2v) is 8.92. The molecule has 2 nitrogen and oxygen atoms in total. The van der Waals surface area contributed by atoms with E-state index in [-0.39, 0.29) is 5.82 Å². The molecule has 0 saturated carbocycles. The van der Waals surface area contributed by atoms with E-state index in [1.807, 2.05) is 24.4 Å². The molecule has 1 aromatic heterocycles. The van der Waals surface area contributed by atoms with Gasteiger partial charge < -0.3 is 4.74 Å². The number of thiazole rings is 1. The van der Waals surface area contributed by atoms with Gasteiger partial charge in [-0.15, -0.1) is 11.3 Å². The van der Waals surface area contributed by atoms with Crippen molar-refractivity contribution in [1.29, 1.82) is 0 Å². The van der Waals surface area contributed by atoms with Crippen molar-refractivity contribution in [3.63, 3.8) is 0 Å². The first-order valence-electron chi connectivity index (χ1n) is 9.01. The smallest absolute Gasteiger partial charge is 0.154 e. The monoisotopic (exact) mass is 397 g/mol. The predicted molar refractivity (Wildman–Crippen MR) is 110 cm³/mol. The van der Waals surface area contributed by atoms with Crippen molar-refractivity contribution < 1.29 is 9.13 Å². The summed E-state index contributed by atoms with van der Waals surface area (Å²) < 4.78 is 20.1. The van der Waals surface area contributed by atoms with Crippen LogP contribution in [-0.2, 0) is 0 Å². The van der Waals surface area contributed by atoms with Gasteiger partial charge in [0, 0.05) is 21.5 Å². The van der Waals surface area contributed by atoms with Gasteiger partial charge in [0.1, 0.15) is 18.2 Å². The third kappa shape index (κ3) is 3.94. The van der Waals surface area contributed by atoms with Gasteiger partial charge in [0.05, 0.1) is 0 Å². The third-order valence-electron chi connectivity index (χ3n) is 4.73. The molecule has 0 aliphatic carbocycles. The number of hydrogen-bond acceptors (Lipinski definition) is 4. The zero-order chi connectivity index (χ0) is 18.8. The second-order valence-electron chi connectivity index (χ2n) is 6.53. The van der Waals surface area contributed by atoms with Crippen LogP contribution in [0, 0.1) is 5.82 Å². The predicted octanol–water partition coefficient (Wildman–Crippen LogP) is 6.77. The van der Waals surface area contributed by atoms with E-state index in [9.17, 15) is 4.39 Å². The molecule has 3 aromatic rings. The summed E-state index contributed by atoms with van der Waals surface area (Å²) in [5.74, 6) is 1.19. The highest BCUT2D eigenvalue weighted by molar-refractivity contribution is 8.01. The van der Waals surface area contributed by atoms with E-state index < -0.39 is 0 Å². The molecule has 0 bridgehead atoms. The van der Waals surface area contributed by atoms with Crippen LogP contribution in [0.4, 0.5) is 4.39 Å². The third-order valence-corrected chi connectivity index (χ3v) is 7.02. The number of halogens is 1. The maximum atomic E-state index is 13.2. The number of aromatic nitrogens is 1. The molecule has 1 aliphatic rings. The van der Waals surface area contributed by atoms with Crippen LogP contribution < -0.4 is 4.74 Å². The van der Waals surface area contributed by atoms with Crippen LogP contribution >= 0.6 is 23.1 Å². The number of nitrogens with zero attached hydrogens (tertiary/aromatic N) is 1. The minimum Gasteiger partial charge on any atom is -0.489 e. The van der Waals surface area contributed by atoms with Gasteiger partial charge in [0.2, 0.25) is 0 Å². The molecular weight excluding hydrogens is 377 g/mol. The molecular formula is C22H20FNOS2. The standard InChI is InChI=1S/C22H20FNOS2/c1-3-14(2)21-13-24-22(27-21)26-17-8-9-19-18(10-11-25-20(19)12-17)15-4-6-16(23)7-5-15/h4-10,12-14H,3,11H2,1-2H3. The Morgan fingerprint density at radius 3 is 2.81 bits per heavy atom. The van der Waals surface area contributed by atoms with E-state index in [1.54, 1.807) is 23.1 Å². The van der Waals surface area contributed by atoms with Crippen molar-refractivity contribution in [2.75, 3.05) is 6.61 Å². The molecule has 0 fully saturated rings. The number of hydrogen-bond donors (Lipinski definition) is 0. The number of fused-ring (bicyclic) bond motifs is 1. The van der Waals surface area contributed by atoms with Crippen molar-refractivity contribution in [1.82, 2.24) is 4.98 Å². The molecule has 2 aromatic carbocycles. The summed E-state index contributed by atoms with van der Waals surface area (Å²) in [6, 6.07) is 12.9. The first-order chi connectivity index (χ1) is 13.1. The number of ether oxygens (including phenoxy) is 1. The molecule has 2 heterocycles. The van der Waals surface area contributed by atoms with Crippen LogP contribution in [0.25, 0.3) is 5.57 Å². The largest absolute Gasteiger partial charge is 0.489 e. The Hall–Kier alpha value is -2.11. The first-order valence-corrected chi connectivity index (χ1v) is 10.6. The van der Waals surface area contributed by atoms with E-state index in [0.717, 1.165) is 38.1 Å². The number of benzene rings is 2. The van der Waals surface area contributed by atoms with E-state index in [1.165, 1.54) is 17.0 Å². The first kappa shape index (κ1) is 18.3. The molecule has 4 rings (SSSR count). The summed E-state index contributed by atoms with van der Waals surface area (Å²) in [6.45, 7) is 4.95. The topological polar surface area (TPSA) is 22.1 Å². The molecule has 1 unspecified atom stereocenters. The SMILES string of the molecule is CCC(C)c1cnc(Sc2ccc3c(c2)OCC=C3c2ccc(F)cc2)s1. The van der Waals surface area contributed by atoms with Gasteiger partial charge in [-0.25, -0.2) is 9.37 Å². The van der Waals surface area contributed by atoms with E-state index in [4.69, 9.17) is 4.74 Å². The van der Waals surface area contributed by atoms with Crippen molar-refractivity contribution >= 4 is 28.7 Å². The Kier molecular flexibility index (Phi) is 5.32. The van der Waals surface area contributed by atoms with Crippen LogP contribution in [0.3, 0.4) is 0 Å². The maximum absolute atomic E-state index is 13.2. The van der Waals surface area contributed by atoms with Crippen LogP contribution in [0.5, 0.6) is 5.75 Å². The molecule has 27 heavy (non-hydrogen) atoms. The number of rotatable bonds is 5. The molecule has 0 spiro atoms. The van der Waals surface area contributed by atoms with Crippen LogP contribution in [0.15, 0.2) is 64.0 Å². The highest BCUT2D eigenvalue weighted by Gasteiger charge is 2.17. The summed E-state index contributed by atoms with van der Waals surface area (Å²) in [7, 11) is 0. The van der Waals surface area contributed by atoms with Gasteiger partial charge in [-0.1, -0.05) is 37.7 Å². The van der Waals surface area contributed by atoms with Gasteiger partial charge >= 0.3 is 0 Å². The minimum absolute atomic E-state index is 0.224. The Morgan fingerprint density at radius 1 is 1.22 bits per heavy atom. The highest BCUT2D eigenvalue weighted by atomic mass is 32.2. The van der Waals surface area contributed by atoms with Crippen molar-refractivity contribution in [3.05, 3.63) is 76.6 Å². The van der Waals surface area contributed by atoms with Gasteiger partial charge in [-0.3, -0.25) is 0 Å². The zero-order valence-corrected chi connectivity index (χ0v) is 16.9. The normalized spacial score (nSPS) is 14.3. The molecule has 0 N–H and O–H groups in total. The van der Waals surface area contributed by atoms with Crippen LogP contribution in [0.2, 0.25) is 0 Å². The lowest BCUT2D eigenvalue weighted by Gasteiger charge is -2.19. The van der Waals surface area contributed by atoms with Crippen LogP contribution in [-0.4, -0.2) is 11.6 Å². The molecule has 1 atom stereocenters. The van der Waals surface area contributed by atoms with Gasteiger partial charge in [0.15, 0.2) is 4.34 Å². The van der Waals surface area contributed by atoms with Gasteiger partial charge in [-0.2, -0.15) is 0 Å².